The summed E-state index contributed by atoms with van der Waals surface area (Å²) in [6, 6.07) is 5.53. The fraction of sp³-hybridized carbons (Fsp3) is 0.182. The van der Waals surface area contributed by atoms with Crippen molar-refractivity contribution in [2.24, 2.45) is 0 Å². The van der Waals surface area contributed by atoms with Crippen LogP contribution >= 0.6 is 0 Å². The van der Waals surface area contributed by atoms with Crippen molar-refractivity contribution in [2.45, 2.75) is 0 Å². The molecular weight excluding hydrogens is 244 g/mol. The van der Waals surface area contributed by atoms with Crippen molar-refractivity contribution in [3.8, 4) is 5.75 Å². The molecule has 1 aromatic rings. The van der Waals surface area contributed by atoms with Crippen molar-refractivity contribution in [1.29, 1.82) is 0 Å². The van der Waals surface area contributed by atoms with Crippen LogP contribution in [0.3, 0.4) is 0 Å². The second-order valence-electron chi connectivity index (χ2n) is 3.05. The number of esters is 3. The number of carbonyl (C=O) groups excluding carboxylic acids is 3. The van der Waals surface area contributed by atoms with Crippen LogP contribution < -0.4 is 4.74 Å². The number of aliphatic hydroxyl groups excluding tert-OH is 2. The zero-order valence-electron chi connectivity index (χ0n) is 9.16. The van der Waals surface area contributed by atoms with Crippen molar-refractivity contribution in [3.63, 3.8) is 0 Å². The van der Waals surface area contributed by atoms with Crippen LogP contribution in [0.1, 0.15) is 10.4 Å². The van der Waals surface area contributed by atoms with Gasteiger partial charge in [0.05, 0.1) is 0 Å². The van der Waals surface area contributed by atoms with E-state index in [-0.39, 0.29) is 11.3 Å². The lowest BCUT2D eigenvalue weighted by atomic mass is 10.2. The molecule has 0 atom stereocenters. The van der Waals surface area contributed by atoms with Crippen molar-refractivity contribution < 1.29 is 34.1 Å². The largest absolute Gasteiger partial charge is 0.424 e. The van der Waals surface area contributed by atoms with Crippen LogP contribution in [-0.2, 0) is 14.3 Å². The summed E-state index contributed by atoms with van der Waals surface area (Å²) < 4.78 is 8.93. The molecule has 18 heavy (non-hydrogen) atoms. The lowest BCUT2D eigenvalue weighted by molar-refractivity contribution is -0.141. The van der Waals surface area contributed by atoms with E-state index < -0.39 is 31.1 Å². The van der Waals surface area contributed by atoms with Crippen LogP contribution in [0.4, 0.5) is 0 Å². The molecule has 0 spiro atoms. The summed E-state index contributed by atoms with van der Waals surface area (Å²) in [4.78, 5) is 33.1. The number of aliphatic hydroxyl groups is 2. The second-order valence-corrected chi connectivity index (χ2v) is 3.05. The Balaban J connectivity index is 2.91. The maximum absolute atomic E-state index is 11.5. The molecule has 7 heteroatoms. The third-order valence-corrected chi connectivity index (χ3v) is 1.80. The standard InChI is InChI=1S/C11H10O7/c12-5-9(14)17-8-4-2-1-3-7(8)11(16)18-10(15)6-13/h1-4,12-13H,5-6H2. The third-order valence-electron chi connectivity index (χ3n) is 1.80. The molecule has 7 nitrogen and oxygen atoms in total. The molecule has 0 fully saturated rings. The van der Waals surface area contributed by atoms with E-state index in [0.717, 1.165) is 0 Å². The van der Waals surface area contributed by atoms with Crippen molar-refractivity contribution in [3.05, 3.63) is 29.8 Å². The summed E-state index contributed by atoms with van der Waals surface area (Å²) in [7, 11) is 0. The second kappa shape index (κ2) is 6.48. The van der Waals surface area contributed by atoms with Gasteiger partial charge in [-0.15, -0.1) is 0 Å². The normalized spacial score (nSPS) is 9.67. The first-order valence-corrected chi connectivity index (χ1v) is 4.85. The highest BCUT2D eigenvalue weighted by Crippen LogP contribution is 2.19. The molecule has 0 aliphatic heterocycles. The number of benzene rings is 1. The molecule has 1 rings (SSSR count). The zero-order chi connectivity index (χ0) is 13.5. The molecule has 0 aliphatic carbocycles. The van der Waals surface area contributed by atoms with Crippen molar-refractivity contribution in [1.82, 2.24) is 0 Å². The summed E-state index contributed by atoms with van der Waals surface area (Å²) in [5.41, 5.74) is -0.166. The van der Waals surface area contributed by atoms with Gasteiger partial charge in [0, 0.05) is 0 Å². The van der Waals surface area contributed by atoms with Gasteiger partial charge in [-0.25, -0.2) is 14.4 Å². The fourth-order valence-corrected chi connectivity index (χ4v) is 1.07. The van der Waals surface area contributed by atoms with Crippen LogP contribution in [0, 0.1) is 0 Å². The number of ether oxygens (including phenoxy) is 2. The average Bonchev–Trinajstić information content (AvgIpc) is 2.38. The van der Waals surface area contributed by atoms with E-state index >= 15 is 0 Å². The van der Waals surface area contributed by atoms with Crippen LogP contribution in [0.5, 0.6) is 5.75 Å². The maximum Gasteiger partial charge on any atom is 0.349 e. The Morgan fingerprint density at radius 2 is 1.61 bits per heavy atom. The first-order valence-electron chi connectivity index (χ1n) is 4.85. The molecule has 96 valence electrons. The van der Waals surface area contributed by atoms with Crippen LogP contribution in [0.15, 0.2) is 24.3 Å². The molecule has 0 unspecified atom stereocenters. The molecule has 0 saturated carbocycles. The van der Waals surface area contributed by atoms with Gasteiger partial charge in [0.25, 0.3) is 0 Å². The van der Waals surface area contributed by atoms with Gasteiger partial charge in [0.2, 0.25) is 0 Å². The SMILES string of the molecule is O=C(CO)OC(=O)c1ccccc1OC(=O)CO. The van der Waals surface area contributed by atoms with E-state index in [1.54, 1.807) is 0 Å². The number of hydrogen-bond donors (Lipinski definition) is 2. The minimum Gasteiger partial charge on any atom is -0.424 e. The molecule has 0 saturated heterocycles. The smallest absolute Gasteiger partial charge is 0.349 e. The molecule has 0 aromatic heterocycles. The third kappa shape index (κ3) is 3.65. The predicted molar refractivity (Wildman–Crippen MR) is 56.7 cm³/mol. The fourth-order valence-electron chi connectivity index (χ4n) is 1.07. The van der Waals surface area contributed by atoms with Gasteiger partial charge in [-0.05, 0) is 12.1 Å². The maximum atomic E-state index is 11.5. The van der Waals surface area contributed by atoms with Crippen molar-refractivity contribution >= 4 is 17.9 Å². The Bertz CT molecular complexity index is 466. The Labute approximate surface area is 102 Å². The average molecular weight is 254 g/mol. The summed E-state index contributed by atoms with van der Waals surface area (Å²) in [5, 5.41) is 17.0. The number of hydrogen-bond acceptors (Lipinski definition) is 7. The number of para-hydroxylation sites is 1. The molecule has 1 aromatic carbocycles. The summed E-state index contributed by atoms with van der Waals surface area (Å²) in [6.07, 6.45) is 0. The molecule has 0 aliphatic rings. The number of rotatable bonds is 4. The van der Waals surface area contributed by atoms with Gasteiger partial charge in [0.15, 0.2) is 0 Å². The Morgan fingerprint density at radius 1 is 1.00 bits per heavy atom. The highest BCUT2D eigenvalue weighted by molar-refractivity contribution is 5.99. The summed E-state index contributed by atoms with van der Waals surface area (Å²) in [5.74, 6) is -3.28. The van der Waals surface area contributed by atoms with Gasteiger partial charge in [-0.1, -0.05) is 12.1 Å². The molecule has 0 radical (unpaired) electrons. The van der Waals surface area contributed by atoms with Gasteiger partial charge in [-0.3, -0.25) is 0 Å². The molecular formula is C11H10O7. The number of carbonyl (C=O) groups is 3. The van der Waals surface area contributed by atoms with Crippen LogP contribution in [0.2, 0.25) is 0 Å². The van der Waals surface area contributed by atoms with E-state index in [0.29, 0.717) is 0 Å². The van der Waals surface area contributed by atoms with Crippen molar-refractivity contribution in [2.75, 3.05) is 13.2 Å². The first kappa shape index (κ1) is 13.8. The van der Waals surface area contributed by atoms with Gasteiger partial charge in [-0.2, -0.15) is 0 Å². The lowest BCUT2D eigenvalue weighted by Gasteiger charge is -2.07. The zero-order valence-corrected chi connectivity index (χ0v) is 9.16. The van der Waals surface area contributed by atoms with Gasteiger partial charge in [0.1, 0.15) is 24.5 Å². The highest BCUT2D eigenvalue weighted by Gasteiger charge is 2.18. The Hall–Kier alpha value is -2.25. The van der Waals surface area contributed by atoms with Crippen LogP contribution in [-0.4, -0.2) is 41.3 Å². The molecule has 2 N–H and O–H groups in total. The van der Waals surface area contributed by atoms with E-state index in [2.05, 4.69) is 9.47 Å². The highest BCUT2D eigenvalue weighted by atomic mass is 16.6. The van der Waals surface area contributed by atoms with E-state index in [1.807, 2.05) is 0 Å². The lowest BCUT2D eigenvalue weighted by Crippen LogP contribution is -2.18. The quantitative estimate of drug-likeness (QED) is 0.413. The summed E-state index contributed by atoms with van der Waals surface area (Å²) >= 11 is 0. The minimum absolute atomic E-state index is 0.146. The Morgan fingerprint density at radius 3 is 2.22 bits per heavy atom. The topological polar surface area (TPSA) is 110 Å². The molecule has 0 bridgehead atoms. The summed E-state index contributed by atoms with van der Waals surface area (Å²) in [6.45, 7) is -1.79. The minimum atomic E-state index is -1.12. The van der Waals surface area contributed by atoms with Gasteiger partial charge >= 0.3 is 17.9 Å². The predicted octanol–water partition coefficient (Wildman–Crippen LogP) is -0.740. The van der Waals surface area contributed by atoms with E-state index in [1.165, 1.54) is 24.3 Å². The van der Waals surface area contributed by atoms with E-state index in [4.69, 9.17) is 10.2 Å². The van der Waals surface area contributed by atoms with Gasteiger partial charge < -0.3 is 19.7 Å². The molecule has 0 heterocycles. The monoisotopic (exact) mass is 254 g/mol. The molecule has 0 amide bonds. The Kier molecular flexibility index (Phi) is 4.97. The van der Waals surface area contributed by atoms with E-state index in [9.17, 15) is 14.4 Å². The van der Waals surface area contributed by atoms with Crippen LogP contribution in [0.25, 0.3) is 0 Å². The first-order chi connectivity index (χ1) is 8.58.